The fourth-order valence-corrected chi connectivity index (χ4v) is 8.56. The Balaban J connectivity index is 1.18. The molecule has 0 unspecified atom stereocenters. The van der Waals surface area contributed by atoms with Gasteiger partial charge in [0.15, 0.2) is 5.82 Å². The second-order valence-corrected chi connectivity index (χ2v) is 15.0. The van der Waals surface area contributed by atoms with Crippen LogP contribution in [0.25, 0.3) is 110 Å². The summed E-state index contributed by atoms with van der Waals surface area (Å²) in [6.07, 6.45) is 7.38. The number of hydrogen-bond donors (Lipinski definition) is 0. The first-order chi connectivity index (χ1) is 29.7. The zero-order valence-electron chi connectivity index (χ0n) is 32.6. The van der Waals surface area contributed by atoms with Crippen LogP contribution in [0.5, 0.6) is 0 Å². The van der Waals surface area contributed by atoms with Gasteiger partial charge < -0.3 is 0 Å². The van der Waals surface area contributed by atoms with Gasteiger partial charge >= 0.3 is 0 Å². The fourth-order valence-electron chi connectivity index (χ4n) is 8.56. The highest BCUT2D eigenvalue weighted by atomic mass is 14.9. The minimum absolute atomic E-state index is 0.659. The predicted molar refractivity (Wildman–Crippen MR) is 250 cm³/mol. The van der Waals surface area contributed by atoms with Crippen LogP contribution in [0.2, 0.25) is 0 Å². The third kappa shape index (κ3) is 6.37. The Kier molecular flexibility index (Phi) is 8.79. The number of benzene rings is 7. The van der Waals surface area contributed by atoms with Gasteiger partial charge in [-0.1, -0.05) is 170 Å². The molecular weight excluding hydrogens is 729 g/mol. The van der Waals surface area contributed by atoms with Gasteiger partial charge in [0.2, 0.25) is 0 Å². The van der Waals surface area contributed by atoms with E-state index in [1.807, 2.05) is 24.5 Å². The van der Waals surface area contributed by atoms with E-state index in [0.717, 1.165) is 66.5 Å². The molecule has 0 spiro atoms. The van der Waals surface area contributed by atoms with Crippen molar-refractivity contribution in [3.05, 3.63) is 219 Å². The molecule has 11 aromatic rings. The maximum absolute atomic E-state index is 5.33. The van der Waals surface area contributed by atoms with Gasteiger partial charge in [-0.3, -0.25) is 9.97 Å². The number of hydrogen-bond acceptors (Lipinski definition) is 4. The van der Waals surface area contributed by atoms with Gasteiger partial charge in [0.25, 0.3) is 0 Å². The maximum atomic E-state index is 5.33. The summed E-state index contributed by atoms with van der Waals surface area (Å²) in [5.41, 5.74) is 8.99. The maximum Gasteiger partial charge on any atom is 0.160 e. The van der Waals surface area contributed by atoms with Gasteiger partial charge in [-0.2, -0.15) is 0 Å². The lowest BCUT2D eigenvalue weighted by Crippen LogP contribution is -1.96. The first-order valence-electron chi connectivity index (χ1n) is 20.2. The molecule has 0 atom stereocenters. The molecule has 8 aromatic carbocycles. The molecule has 60 heavy (non-hydrogen) atoms. The topological polar surface area (TPSA) is 51.6 Å². The smallest absolute Gasteiger partial charge is 0.160 e. The van der Waals surface area contributed by atoms with Crippen LogP contribution in [0.3, 0.4) is 0 Å². The molecule has 0 aliphatic heterocycles. The molecule has 4 nitrogen and oxygen atoms in total. The van der Waals surface area contributed by atoms with Crippen LogP contribution in [-0.2, 0) is 0 Å². The van der Waals surface area contributed by atoms with Crippen molar-refractivity contribution in [3.63, 3.8) is 0 Å². The lowest BCUT2D eigenvalue weighted by molar-refractivity contribution is 1.18. The van der Waals surface area contributed by atoms with E-state index in [-0.39, 0.29) is 0 Å². The van der Waals surface area contributed by atoms with E-state index in [1.54, 1.807) is 12.4 Å². The summed E-state index contributed by atoms with van der Waals surface area (Å²) in [7, 11) is 0. The molecule has 280 valence electrons. The molecule has 0 aliphatic rings. The molecule has 0 fully saturated rings. The van der Waals surface area contributed by atoms with Crippen LogP contribution in [0.1, 0.15) is 0 Å². The number of nitrogens with zero attached hydrogens (tertiary/aromatic N) is 4. The fraction of sp³-hybridized carbons (Fsp3) is 0. The van der Waals surface area contributed by atoms with Crippen LogP contribution in [0.4, 0.5) is 0 Å². The van der Waals surface area contributed by atoms with Gasteiger partial charge in [-0.05, 0) is 100 Å². The van der Waals surface area contributed by atoms with E-state index in [2.05, 4.69) is 192 Å². The average Bonchev–Trinajstić information content (AvgIpc) is 3.34. The second kappa shape index (κ2) is 15.0. The van der Waals surface area contributed by atoms with Gasteiger partial charge in [-0.15, -0.1) is 0 Å². The Morgan fingerprint density at radius 2 is 0.567 bits per heavy atom. The van der Waals surface area contributed by atoms with Gasteiger partial charge in [0.05, 0.1) is 11.4 Å². The van der Waals surface area contributed by atoms with Gasteiger partial charge in [0.1, 0.15) is 0 Å². The molecule has 0 saturated heterocycles. The predicted octanol–water partition coefficient (Wildman–Crippen LogP) is 14.5. The monoisotopic (exact) mass is 764 g/mol. The van der Waals surface area contributed by atoms with Crippen molar-refractivity contribution in [1.82, 2.24) is 19.9 Å². The van der Waals surface area contributed by atoms with Crippen molar-refractivity contribution in [2.24, 2.45) is 0 Å². The molecule has 0 aliphatic carbocycles. The lowest BCUT2D eigenvalue weighted by atomic mass is 9.93. The Morgan fingerprint density at radius 1 is 0.233 bits per heavy atom. The molecule has 11 rings (SSSR count). The average molecular weight is 765 g/mol. The summed E-state index contributed by atoms with van der Waals surface area (Å²) in [4.78, 5) is 19.3. The van der Waals surface area contributed by atoms with Crippen LogP contribution >= 0.6 is 0 Å². The van der Waals surface area contributed by atoms with Crippen LogP contribution in [0.15, 0.2) is 219 Å². The van der Waals surface area contributed by atoms with E-state index in [1.165, 1.54) is 37.7 Å². The quantitative estimate of drug-likeness (QED) is 0.175. The molecule has 3 aromatic heterocycles. The molecule has 0 amide bonds. The summed E-state index contributed by atoms with van der Waals surface area (Å²) < 4.78 is 0. The van der Waals surface area contributed by atoms with E-state index in [9.17, 15) is 0 Å². The van der Waals surface area contributed by atoms with Crippen molar-refractivity contribution in [2.45, 2.75) is 0 Å². The summed E-state index contributed by atoms with van der Waals surface area (Å²) in [6, 6.07) is 69.2. The first kappa shape index (κ1) is 35.1. The van der Waals surface area contributed by atoms with Gasteiger partial charge in [0, 0.05) is 41.5 Å². The molecule has 3 heterocycles. The Labute approximate surface area is 347 Å². The van der Waals surface area contributed by atoms with Gasteiger partial charge in [-0.25, -0.2) is 9.97 Å². The number of aromatic nitrogens is 4. The van der Waals surface area contributed by atoms with Crippen LogP contribution in [0, 0.1) is 0 Å². The largest absolute Gasteiger partial charge is 0.264 e. The van der Waals surface area contributed by atoms with E-state index < -0.39 is 0 Å². The van der Waals surface area contributed by atoms with Crippen LogP contribution < -0.4 is 0 Å². The normalized spacial score (nSPS) is 11.3. The number of fused-ring (bicyclic) bond motifs is 10. The molecule has 0 radical (unpaired) electrons. The highest BCUT2D eigenvalue weighted by molar-refractivity contribution is 6.26. The first-order valence-corrected chi connectivity index (χ1v) is 20.2. The van der Waals surface area contributed by atoms with E-state index in [4.69, 9.17) is 9.97 Å². The number of rotatable bonds is 5. The number of pyridine rings is 2. The van der Waals surface area contributed by atoms with Crippen molar-refractivity contribution in [1.29, 1.82) is 0 Å². The summed E-state index contributed by atoms with van der Waals surface area (Å²) >= 11 is 0. The standard InChI is InChI=1S/C56H36N4/c1-2-15-46-44(13-1)45-14-3-4-16-47(45)49-18-7-8-20-51(49)53-33-41(29-30-52(53)50-19-6-5-17-48(46)50)56-59-54(39-25-21-37(22-26-39)42-11-9-31-57-35-42)34-55(60-56)40-27-23-38(24-28-40)43-12-10-32-58-36-43/h1-36H. The molecule has 4 heteroatoms. The van der Waals surface area contributed by atoms with Crippen molar-refractivity contribution >= 4 is 53.9 Å². The lowest BCUT2D eigenvalue weighted by Gasteiger charge is -2.13. The van der Waals surface area contributed by atoms with Crippen molar-refractivity contribution < 1.29 is 0 Å². The Bertz CT molecular complexity index is 3280. The molecule has 0 bridgehead atoms. The van der Waals surface area contributed by atoms with Crippen LogP contribution in [-0.4, -0.2) is 19.9 Å². The Morgan fingerprint density at radius 3 is 0.933 bits per heavy atom. The summed E-state index contributed by atoms with van der Waals surface area (Å²) in [5.74, 6) is 0.659. The highest BCUT2D eigenvalue weighted by Crippen LogP contribution is 2.38. The molecule has 0 saturated carbocycles. The highest BCUT2D eigenvalue weighted by Gasteiger charge is 2.14. The minimum atomic E-state index is 0.659. The SMILES string of the molecule is c1cncc(-c2ccc(-c3cc(-c4ccc(-c5cccnc5)cc4)nc(-c4ccc5c6ccccc6c6ccccc6c6ccccc6c6ccccc6c5c4)n3)cc2)c1. The zero-order chi connectivity index (χ0) is 39.8. The minimum Gasteiger partial charge on any atom is -0.264 e. The zero-order valence-corrected chi connectivity index (χ0v) is 32.6. The Hall–Kier alpha value is -8.08. The third-order valence-electron chi connectivity index (χ3n) is 11.5. The van der Waals surface area contributed by atoms with Crippen molar-refractivity contribution in [3.8, 4) is 56.2 Å². The molecular formula is C56H36N4. The third-order valence-corrected chi connectivity index (χ3v) is 11.5. The van der Waals surface area contributed by atoms with Crippen molar-refractivity contribution in [2.75, 3.05) is 0 Å². The van der Waals surface area contributed by atoms with E-state index >= 15 is 0 Å². The second-order valence-electron chi connectivity index (χ2n) is 15.0. The summed E-state index contributed by atoms with van der Waals surface area (Å²) in [6.45, 7) is 0. The van der Waals surface area contributed by atoms with E-state index in [0.29, 0.717) is 5.82 Å². The molecule has 0 N–H and O–H groups in total. The summed E-state index contributed by atoms with van der Waals surface area (Å²) in [5, 5.41) is 11.8.